The molecule has 0 aromatic carbocycles. The molecule has 1 N–H and O–H groups in total. The van der Waals surface area contributed by atoms with Crippen molar-refractivity contribution in [1.29, 1.82) is 0 Å². The normalized spacial score (nSPS) is 51.9. The standard InChI is InChI=1S/C34H52N2O3/c1-6-7-29(38)35-14-15-36-19-21(2)16-28-30(36)22(3)34(39-28)13-11-26-25-9-8-23-17-24(37)10-12-31(23,4)27(25)18-33(26)20-32(33,34)5/h17,21-22,25-28,30H,6-16,18-20H2,1-5H3,(H,35,38)/t21-,22+,25-,26-,27-,28+,30-,31-,32?,33?,34+/m0/s1. The van der Waals surface area contributed by atoms with Crippen molar-refractivity contribution < 1.29 is 14.3 Å². The number of ketones is 1. The minimum absolute atomic E-state index is 0.0117. The Labute approximate surface area is 236 Å². The third kappa shape index (κ3) is 3.50. The van der Waals surface area contributed by atoms with E-state index < -0.39 is 0 Å². The van der Waals surface area contributed by atoms with Gasteiger partial charge >= 0.3 is 0 Å². The molecule has 7 rings (SSSR count). The van der Waals surface area contributed by atoms with E-state index in [0.29, 0.717) is 41.6 Å². The number of rotatable bonds is 5. The first kappa shape index (κ1) is 26.7. The van der Waals surface area contributed by atoms with Crippen LogP contribution in [0.1, 0.15) is 105 Å². The molecular weight excluding hydrogens is 484 g/mol. The first-order valence-electron chi connectivity index (χ1n) is 16.5. The van der Waals surface area contributed by atoms with Crippen LogP contribution in [0.2, 0.25) is 0 Å². The summed E-state index contributed by atoms with van der Waals surface area (Å²) in [5, 5.41) is 3.18. The largest absolute Gasteiger partial charge is 0.369 e. The molecule has 4 saturated carbocycles. The van der Waals surface area contributed by atoms with Gasteiger partial charge < -0.3 is 10.1 Å². The van der Waals surface area contributed by atoms with Crippen molar-refractivity contribution in [2.45, 2.75) is 123 Å². The zero-order valence-electron chi connectivity index (χ0n) is 25.2. The van der Waals surface area contributed by atoms with Gasteiger partial charge in [0.05, 0.1) is 11.7 Å². The number of hydrogen-bond donors (Lipinski definition) is 1. The Morgan fingerprint density at radius 1 is 1.15 bits per heavy atom. The van der Waals surface area contributed by atoms with Gasteiger partial charge in [0.1, 0.15) is 0 Å². The summed E-state index contributed by atoms with van der Waals surface area (Å²) in [5.41, 5.74) is 2.42. The molecule has 5 aliphatic carbocycles. The molecule has 7 aliphatic rings. The van der Waals surface area contributed by atoms with Gasteiger partial charge in [-0.1, -0.05) is 40.2 Å². The summed E-state index contributed by atoms with van der Waals surface area (Å²) in [4.78, 5) is 27.1. The second-order valence-electron chi connectivity index (χ2n) is 15.6. The number of ether oxygens (including phenoxy) is 1. The molecule has 0 bridgehead atoms. The van der Waals surface area contributed by atoms with Crippen LogP contribution in [-0.4, -0.2) is 54.0 Å². The van der Waals surface area contributed by atoms with E-state index in [4.69, 9.17) is 4.74 Å². The molecule has 5 heteroatoms. The lowest BCUT2D eigenvalue weighted by Crippen LogP contribution is -2.55. The summed E-state index contributed by atoms with van der Waals surface area (Å²) in [6, 6.07) is 0.468. The monoisotopic (exact) mass is 536 g/mol. The van der Waals surface area contributed by atoms with Crippen LogP contribution in [0.25, 0.3) is 0 Å². The maximum Gasteiger partial charge on any atom is 0.220 e. The lowest BCUT2D eigenvalue weighted by atomic mass is 9.56. The molecule has 0 radical (unpaired) electrons. The smallest absolute Gasteiger partial charge is 0.220 e. The van der Waals surface area contributed by atoms with E-state index in [0.717, 1.165) is 63.1 Å². The number of amides is 1. The third-order valence-electron chi connectivity index (χ3n) is 14.0. The van der Waals surface area contributed by atoms with Crippen LogP contribution in [-0.2, 0) is 14.3 Å². The van der Waals surface area contributed by atoms with Crippen molar-refractivity contribution >= 4 is 11.7 Å². The number of carbonyl (C=O) groups is 2. The highest BCUT2D eigenvalue weighted by Gasteiger charge is 2.84. The summed E-state index contributed by atoms with van der Waals surface area (Å²) < 4.78 is 7.45. The summed E-state index contributed by atoms with van der Waals surface area (Å²) in [7, 11) is 0. The Balaban J connectivity index is 1.14. The molecular formula is C34H52N2O3. The summed E-state index contributed by atoms with van der Waals surface area (Å²) in [6.07, 6.45) is 14.6. The Morgan fingerprint density at radius 3 is 2.77 bits per heavy atom. The molecule has 6 fully saturated rings. The number of piperidine rings is 1. The Hall–Kier alpha value is -1.20. The van der Waals surface area contributed by atoms with Crippen LogP contribution in [0, 0.1) is 45.8 Å². The SMILES string of the molecule is CCCC(=O)NCCN1C[C@@H](C)C[C@H]2O[C@]3(CC[C@H]4[C@@H]5CCC6=CC(=O)CC[C@]6(C)[C@H]5CC45CC53C)[C@H](C)[C@@H]21. The fourth-order valence-corrected chi connectivity index (χ4v) is 12.3. The van der Waals surface area contributed by atoms with Crippen LogP contribution < -0.4 is 5.32 Å². The van der Waals surface area contributed by atoms with Crippen LogP contribution in [0.15, 0.2) is 11.6 Å². The first-order chi connectivity index (χ1) is 18.6. The molecule has 2 saturated heterocycles. The number of nitrogens with one attached hydrogen (secondary N) is 1. The van der Waals surface area contributed by atoms with Gasteiger partial charge in [-0.2, -0.15) is 0 Å². The average molecular weight is 537 g/mol. The van der Waals surface area contributed by atoms with E-state index in [2.05, 4.69) is 50.9 Å². The van der Waals surface area contributed by atoms with Gasteiger partial charge in [0, 0.05) is 49.9 Å². The zero-order valence-corrected chi connectivity index (χ0v) is 25.2. The van der Waals surface area contributed by atoms with Crippen molar-refractivity contribution in [3.8, 4) is 0 Å². The number of likely N-dealkylation sites (tertiary alicyclic amines) is 1. The fourth-order valence-electron chi connectivity index (χ4n) is 12.3. The van der Waals surface area contributed by atoms with Crippen LogP contribution in [0.4, 0.5) is 0 Å². The first-order valence-corrected chi connectivity index (χ1v) is 16.5. The van der Waals surface area contributed by atoms with Gasteiger partial charge in [0.2, 0.25) is 5.91 Å². The lowest BCUT2D eigenvalue weighted by molar-refractivity contribution is -0.148. The molecule has 2 heterocycles. The average Bonchev–Trinajstić information content (AvgIpc) is 3.22. The zero-order chi connectivity index (χ0) is 27.4. The molecule has 0 aromatic rings. The summed E-state index contributed by atoms with van der Waals surface area (Å²) >= 11 is 0. The van der Waals surface area contributed by atoms with Gasteiger partial charge in [0.15, 0.2) is 5.78 Å². The van der Waals surface area contributed by atoms with Gasteiger partial charge in [-0.05, 0) is 98.4 Å². The third-order valence-corrected chi connectivity index (χ3v) is 14.0. The minimum atomic E-state index is -0.0117. The van der Waals surface area contributed by atoms with E-state index in [1.807, 2.05) is 0 Å². The van der Waals surface area contributed by atoms with E-state index in [1.54, 1.807) is 0 Å². The minimum Gasteiger partial charge on any atom is -0.369 e. The van der Waals surface area contributed by atoms with E-state index in [9.17, 15) is 9.59 Å². The Kier molecular flexibility index (Phi) is 6.09. The molecule has 216 valence electrons. The van der Waals surface area contributed by atoms with Crippen molar-refractivity contribution in [2.24, 2.45) is 45.8 Å². The number of fused-ring (bicyclic) bond motifs is 6. The highest BCUT2D eigenvalue weighted by atomic mass is 16.5. The summed E-state index contributed by atoms with van der Waals surface area (Å²) in [6.45, 7) is 14.9. The van der Waals surface area contributed by atoms with Crippen molar-refractivity contribution in [3.05, 3.63) is 11.6 Å². The van der Waals surface area contributed by atoms with Gasteiger partial charge in [-0.25, -0.2) is 0 Å². The molecule has 0 aromatic heterocycles. The fraction of sp³-hybridized carbons (Fsp3) is 0.882. The molecule has 1 amide bonds. The highest BCUT2D eigenvalue weighted by molar-refractivity contribution is 5.91. The molecule has 2 unspecified atom stereocenters. The van der Waals surface area contributed by atoms with Crippen LogP contribution in [0.5, 0.6) is 0 Å². The van der Waals surface area contributed by atoms with Gasteiger partial charge in [-0.15, -0.1) is 0 Å². The topological polar surface area (TPSA) is 58.6 Å². The van der Waals surface area contributed by atoms with Crippen molar-refractivity contribution in [1.82, 2.24) is 10.2 Å². The van der Waals surface area contributed by atoms with E-state index >= 15 is 0 Å². The van der Waals surface area contributed by atoms with Crippen molar-refractivity contribution in [3.63, 3.8) is 0 Å². The lowest BCUT2D eigenvalue weighted by Gasteiger charge is -2.50. The number of allylic oxidation sites excluding steroid dienone is 2. The maximum atomic E-state index is 12.3. The molecule has 2 aliphatic heterocycles. The molecule has 11 atom stereocenters. The molecule has 39 heavy (non-hydrogen) atoms. The quantitative estimate of drug-likeness (QED) is 0.474. The van der Waals surface area contributed by atoms with Gasteiger partial charge in [0.25, 0.3) is 0 Å². The number of nitrogens with zero attached hydrogens (tertiary/aromatic N) is 1. The van der Waals surface area contributed by atoms with Crippen LogP contribution in [0.3, 0.4) is 0 Å². The molecule has 5 nitrogen and oxygen atoms in total. The molecule has 2 spiro atoms. The maximum absolute atomic E-state index is 12.3. The van der Waals surface area contributed by atoms with E-state index in [1.165, 1.54) is 44.1 Å². The number of carbonyl (C=O) groups excluding carboxylic acids is 2. The van der Waals surface area contributed by atoms with Gasteiger partial charge in [-0.3, -0.25) is 14.5 Å². The second-order valence-corrected chi connectivity index (χ2v) is 15.6. The Morgan fingerprint density at radius 2 is 1.97 bits per heavy atom. The van der Waals surface area contributed by atoms with E-state index in [-0.39, 0.29) is 22.3 Å². The number of hydrogen-bond acceptors (Lipinski definition) is 4. The Bertz CT molecular complexity index is 1090. The predicted molar refractivity (Wildman–Crippen MR) is 153 cm³/mol. The van der Waals surface area contributed by atoms with Crippen molar-refractivity contribution in [2.75, 3.05) is 19.6 Å². The van der Waals surface area contributed by atoms with Crippen LogP contribution >= 0.6 is 0 Å². The highest BCUT2D eigenvalue weighted by Crippen LogP contribution is 2.87. The second kappa shape index (κ2) is 8.90. The summed E-state index contributed by atoms with van der Waals surface area (Å²) in [5.74, 6) is 4.13. The predicted octanol–water partition coefficient (Wildman–Crippen LogP) is 5.92.